The van der Waals surface area contributed by atoms with E-state index < -0.39 is 0 Å². The number of phenolic OH excluding ortho intramolecular Hbond substituents is 2. The smallest absolute Gasteiger partial charge is 0.183 e. The van der Waals surface area contributed by atoms with Crippen LogP contribution in [0.3, 0.4) is 0 Å². The van der Waals surface area contributed by atoms with E-state index in [-0.39, 0.29) is 40.2 Å². The fourth-order valence-corrected chi connectivity index (χ4v) is 3.48. The number of rotatable bonds is 3. The van der Waals surface area contributed by atoms with Gasteiger partial charge in [-0.1, -0.05) is 41.4 Å². The summed E-state index contributed by atoms with van der Waals surface area (Å²) in [6.45, 7) is 0. The molecule has 1 saturated carbocycles. The van der Waals surface area contributed by atoms with Crippen molar-refractivity contribution in [3.05, 3.63) is 76.8 Å². The van der Waals surface area contributed by atoms with E-state index in [4.69, 9.17) is 23.2 Å². The van der Waals surface area contributed by atoms with Gasteiger partial charge in [0.05, 0.1) is 50.7 Å². The highest BCUT2D eigenvalue weighted by atomic mass is 35.5. The number of Topliss-reactive ketones (excluding diaryl/α,β-unsaturated/α-hetero) is 1. The van der Waals surface area contributed by atoms with Crippen LogP contribution < -0.4 is 0 Å². The molecular formula is C24H17Cl2N3O3. The van der Waals surface area contributed by atoms with Crippen molar-refractivity contribution >= 4 is 63.2 Å². The topological polar surface area (TPSA) is 94.6 Å². The Morgan fingerprint density at radius 1 is 0.625 bits per heavy atom. The van der Waals surface area contributed by atoms with E-state index in [2.05, 4.69) is 15.0 Å². The first-order chi connectivity index (χ1) is 15.4. The molecule has 0 atom stereocenters. The molecule has 8 heteroatoms. The second-order valence-corrected chi connectivity index (χ2v) is 7.87. The lowest BCUT2D eigenvalue weighted by atomic mass is 9.92. The molecule has 4 rings (SSSR count). The van der Waals surface area contributed by atoms with Gasteiger partial charge in [0.25, 0.3) is 0 Å². The van der Waals surface area contributed by atoms with Crippen molar-refractivity contribution in [2.24, 2.45) is 15.0 Å². The van der Waals surface area contributed by atoms with Crippen molar-refractivity contribution in [3.8, 4) is 11.5 Å². The molecule has 0 aliphatic heterocycles. The molecule has 0 spiro atoms. The third-order valence-electron chi connectivity index (χ3n) is 4.73. The van der Waals surface area contributed by atoms with Crippen LogP contribution in [0.25, 0.3) is 0 Å². The summed E-state index contributed by atoms with van der Waals surface area (Å²) in [7, 11) is 0. The van der Waals surface area contributed by atoms with Crippen molar-refractivity contribution in [3.63, 3.8) is 0 Å². The van der Waals surface area contributed by atoms with E-state index in [1.54, 1.807) is 12.1 Å². The molecule has 0 heterocycles. The Morgan fingerprint density at radius 2 is 1.12 bits per heavy atom. The molecule has 2 N–H and O–H groups in total. The summed E-state index contributed by atoms with van der Waals surface area (Å²) in [5, 5.41) is 19.6. The van der Waals surface area contributed by atoms with Crippen LogP contribution in [0.5, 0.6) is 11.5 Å². The van der Waals surface area contributed by atoms with E-state index in [1.807, 2.05) is 30.3 Å². The number of carbonyl (C=O) groups is 1. The van der Waals surface area contributed by atoms with Crippen molar-refractivity contribution in [2.75, 3.05) is 0 Å². The first kappa shape index (κ1) is 21.7. The molecule has 32 heavy (non-hydrogen) atoms. The standard InChI is InChI=1S/C24H17Cl2N3O3/c25-17-10-15(6-8-22(17)30)28-19-12-21(29-16-7-9-23(31)18(26)11-16)24(32)13-20(19)27-14-4-2-1-3-5-14/h1-11,30-31H,12-13H2. The number of aromatic hydroxyl groups is 2. The number of nitrogens with zero attached hydrogens (tertiary/aromatic N) is 3. The van der Waals surface area contributed by atoms with E-state index in [9.17, 15) is 15.0 Å². The number of halogens is 2. The fourth-order valence-electron chi connectivity index (χ4n) is 3.13. The van der Waals surface area contributed by atoms with Gasteiger partial charge >= 0.3 is 0 Å². The lowest BCUT2D eigenvalue weighted by Crippen LogP contribution is -2.33. The number of hydrogen-bond donors (Lipinski definition) is 2. The summed E-state index contributed by atoms with van der Waals surface area (Å²) in [5.41, 5.74) is 3.09. The Morgan fingerprint density at radius 3 is 1.69 bits per heavy atom. The van der Waals surface area contributed by atoms with Crippen LogP contribution >= 0.6 is 23.2 Å². The van der Waals surface area contributed by atoms with Crippen molar-refractivity contribution in [1.29, 1.82) is 0 Å². The summed E-state index contributed by atoms with van der Waals surface area (Å²) < 4.78 is 0. The summed E-state index contributed by atoms with van der Waals surface area (Å²) in [6.07, 6.45) is 0.186. The zero-order valence-corrected chi connectivity index (χ0v) is 18.2. The Bertz CT molecular complexity index is 1280. The highest BCUT2D eigenvalue weighted by Crippen LogP contribution is 2.30. The largest absolute Gasteiger partial charge is 0.506 e. The first-order valence-corrected chi connectivity index (χ1v) is 10.4. The van der Waals surface area contributed by atoms with Gasteiger partial charge in [0.1, 0.15) is 11.5 Å². The Labute approximate surface area is 194 Å². The molecule has 6 nitrogen and oxygen atoms in total. The zero-order valence-electron chi connectivity index (χ0n) is 16.7. The average Bonchev–Trinajstić information content (AvgIpc) is 2.77. The molecular weight excluding hydrogens is 449 g/mol. The molecule has 0 radical (unpaired) electrons. The van der Waals surface area contributed by atoms with Crippen LogP contribution in [0.4, 0.5) is 17.1 Å². The van der Waals surface area contributed by atoms with Crippen LogP contribution in [0.1, 0.15) is 12.8 Å². The number of aliphatic imine (C=N–C) groups is 3. The summed E-state index contributed by atoms with van der Waals surface area (Å²) in [5.74, 6) is -0.278. The summed E-state index contributed by atoms with van der Waals surface area (Å²) in [6, 6.07) is 18.4. The number of carbonyl (C=O) groups excluding carboxylic acids is 1. The van der Waals surface area contributed by atoms with Gasteiger partial charge in [-0.05, 0) is 48.5 Å². The number of ketones is 1. The maximum Gasteiger partial charge on any atom is 0.183 e. The van der Waals surface area contributed by atoms with E-state index in [0.717, 1.165) is 0 Å². The quantitative estimate of drug-likeness (QED) is 0.469. The van der Waals surface area contributed by atoms with Crippen molar-refractivity contribution < 1.29 is 15.0 Å². The molecule has 0 amide bonds. The Hall–Kier alpha value is -3.48. The minimum atomic E-state index is -0.174. The monoisotopic (exact) mass is 465 g/mol. The summed E-state index contributed by atoms with van der Waals surface area (Å²) >= 11 is 12.0. The summed E-state index contributed by atoms with van der Waals surface area (Å²) in [4.78, 5) is 26.6. The maximum absolute atomic E-state index is 12.8. The zero-order chi connectivity index (χ0) is 22.7. The van der Waals surface area contributed by atoms with Gasteiger partial charge in [0.15, 0.2) is 5.78 Å². The van der Waals surface area contributed by atoms with Crippen molar-refractivity contribution in [1.82, 2.24) is 0 Å². The Kier molecular flexibility index (Phi) is 6.35. The minimum absolute atomic E-state index is 0.0319. The lowest BCUT2D eigenvalue weighted by molar-refractivity contribution is -0.112. The fraction of sp³-hybridized carbons (Fsp3) is 0.0833. The molecule has 0 bridgehead atoms. The van der Waals surface area contributed by atoms with Gasteiger partial charge < -0.3 is 10.2 Å². The SMILES string of the molecule is O=C1CC(=Nc2ccccc2)C(=Nc2ccc(O)c(Cl)c2)CC1=Nc1ccc(O)c(Cl)c1. The number of hydrogen-bond acceptors (Lipinski definition) is 6. The highest BCUT2D eigenvalue weighted by Gasteiger charge is 2.27. The molecule has 3 aromatic carbocycles. The molecule has 3 aromatic rings. The van der Waals surface area contributed by atoms with E-state index >= 15 is 0 Å². The van der Waals surface area contributed by atoms with Gasteiger partial charge in [-0.25, -0.2) is 4.99 Å². The molecule has 1 fully saturated rings. The molecule has 0 saturated heterocycles. The minimum Gasteiger partial charge on any atom is -0.506 e. The van der Waals surface area contributed by atoms with Crippen LogP contribution in [0.15, 0.2) is 81.7 Å². The average molecular weight is 466 g/mol. The number of benzene rings is 3. The van der Waals surface area contributed by atoms with Gasteiger partial charge in [0.2, 0.25) is 0 Å². The first-order valence-electron chi connectivity index (χ1n) is 9.67. The molecule has 0 aromatic heterocycles. The second kappa shape index (κ2) is 9.34. The van der Waals surface area contributed by atoms with Crippen LogP contribution in [-0.4, -0.2) is 33.1 Å². The van der Waals surface area contributed by atoms with Gasteiger partial charge in [0, 0.05) is 6.42 Å². The predicted octanol–water partition coefficient (Wildman–Crippen LogP) is 6.39. The third kappa shape index (κ3) is 5.04. The molecule has 160 valence electrons. The van der Waals surface area contributed by atoms with Crippen LogP contribution in [0, 0.1) is 0 Å². The Balaban J connectivity index is 1.76. The molecule has 1 aliphatic rings. The van der Waals surface area contributed by atoms with Crippen molar-refractivity contribution in [2.45, 2.75) is 12.8 Å². The van der Waals surface area contributed by atoms with Crippen LogP contribution in [0.2, 0.25) is 10.0 Å². The molecule has 0 unspecified atom stereocenters. The highest BCUT2D eigenvalue weighted by molar-refractivity contribution is 6.62. The predicted molar refractivity (Wildman–Crippen MR) is 128 cm³/mol. The molecule has 1 aliphatic carbocycles. The lowest BCUT2D eigenvalue weighted by Gasteiger charge is -2.18. The number of para-hydroxylation sites is 1. The van der Waals surface area contributed by atoms with Crippen LogP contribution in [-0.2, 0) is 4.79 Å². The number of phenols is 2. The van der Waals surface area contributed by atoms with Gasteiger partial charge in [-0.2, -0.15) is 0 Å². The van der Waals surface area contributed by atoms with E-state index in [0.29, 0.717) is 34.2 Å². The van der Waals surface area contributed by atoms with Gasteiger partial charge in [-0.3, -0.25) is 14.8 Å². The second-order valence-electron chi connectivity index (χ2n) is 7.06. The normalized spacial score (nSPS) is 17.9. The van der Waals surface area contributed by atoms with E-state index in [1.165, 1.54) is 24.3 Å². The van der Waals surface area contributed by atoms with Gasteiger partial charge in [-0.15, -0.1) is 0 Å². The maximum atomic E-state index is 12.8. The third-order valence-corrected chi connectivity index (χ3v) is 5.33.